The van der Waals surface area contributed by atoms with Crippen LogP contribution in [0.15, 0.2) is 35.8 Å². The van der Waals surface area contributed by atoms with Crippen LogP contribution in [-0.4, -0.2) is 11.0 Å². The predicted molar refractivity (Wildman–Crippen MR) is 68.9 cm³/mol. The largest absolute Gasteiger partial charge is 0.416 e. The molecule has 0 spiro atoms. The summed E-state index contributed by atoms with van der Waals surface area (Å²) in [5.41, 5.74) is 6.13. The minimum atomic E-state index is -4.29. The molecule has 0 aliphatic rings. The molecule has 102 valence electrons. The van der Waals surface area contributed by atoms with Crippen LogP contribution in [0.2, 0.25) is 0 Å². The standard InChI is InChI=1S/C13H13F3N2S/c14-13(15,16)10-3-1-9(2-4-10)7-11(17)8-12-18-5-6-19-12/h1-6,11H,7-8,17H2. The lowest BCUT2D eigenvalue weighted by atomic mass is 10.0. The van der Waals surface area contributed by atoms with Gasteiger partial charge in [0.2, 0.25) is 0 Å². The van der Waals surface area contributed by atoms with Crippen molar-refractivity contribution in [2.45, 2.75) is 25.1 Å². The van der Waals surface area contributed by atoms with E-state index in [-0.39, 0.29) is 6.04 Å². The van der Waals surface area contributed by atoms with Crippen molar-refractivity contribution in [1.82, 2.24) is 4.98 Å². The Bertz CT molecular complexity index is 506. The summed E-state index contributed by atoms with van der Waals surface area (Å²) < 4.78 is 37.2. The van der Waals surface area contributed by atoms with Crippen LogP contribution in [0, 0.1) is 0 Å². The lowest BCUT2D eigenvalue weighted by Gasteiger charge is -2.11. The van der Waals surface area contributed by atoms with Crippen molar-refractivity contribution < 1.29 is 13.2 Å². The van der Waals surface area contributed by atoms with Gasteiger partial charge in [-0.05, 0) is 24.1 Å². The smallest absolute Gasteiger partial charge is 0.327 e. The molecule has 2 rings (SSSR count). The Balaban J connectivity index is 1.96. The fourth-order valence-corrected chi connectivity index (χ4v) is 2.49. The van der Waals surface area contributed by atoms with Crippen LogP contribution in [0.5, 0.6) is 0 Å². The van der Waals surface area contributed by atoms with Crippen molar-refractivity contribution >= 4 is 11.3 Å². The highest BCUT2D eigenvalue weighted by Crippen LogP contribution is 2.29. The lowest BCUT2D eigenvalue weighted by Crippen LogP contribution is -2.25. The number of rotatable bonds is 4. The maximum atomic E-state index is 12.4. The molecule has 1 heterocycles. The molecule has 19 heavy (non-hydrogen) atoms. The van der Waals surface area contributed by atoms with Gasteiger partial charge in [-0.1, -0.05) is 12.1 Å². The van der Waals surface area contributed by atoms with Crippen LogP contribution in [-0.2, 0) is 19.0 Å². The van der Waals surface area contributed by atoms with Crippen LogP contribution in [0.4, 0.5) is 13.2 Å². The molecular weight excluding hydrogens is 273 g/mol. The Labute approximate surface area is 113 Å². The van der Waals surface area contributed by atoms with E-state index >= 15 is 0 Å². The summed E-state index contributed by atoms with van der Waals surface area (Å²) in [6.07, 6.45) is -1.40. The van der Waals surface area contributed by atoms with Crippen LogP contribution >= 0.6 is 11.3 Å². The number of halogens is 3. The maximum Gasteiger partial charge on any atom is 0.416 e. The van der Waals surface area contributed by atoms with Gasteiger partial charge in [-0.2, -0.15) is 13.2 Å². The Morgan fingerprint density at radius 2 is 1.84 bits per heavy atom. The van der Waals surface area contributed by atoms with Crippen molar-refractivity contribution in [2.75, 3.05) is 0 Å². The third-order valence-corrected chi connectivity index (χ3v) is 3.50. The molecule has 0 fully saturated rings. The number of aromatic nitrogens is 1. The Morgan fingerprint density at radius 1 is 1.16 bits per heavy atom. The van der Waals surface area contributed by atoms with Crippen molar-refractivity contribution in [3.63, 3.8) is 0 Å². The summed E-state index contributed by atoms with van der Waals surface area (Å²) in [5, 5.41) is 2.82. The second-order valence-electron chi connectivity index (χ2n) is 4.29. The Hall–Kier alpha value is -1.40. The third-order valence-electron chi connectivity index (χ3n) is 2.70. The van der Waals surface area contributed by atoms with Crippen molar-refractivity contribution in [3.05, 3.63) is 52.0 Å². The Morgan fingerprint density at radius 3 is 2.37 bits per heavy atom. The molecule has 6 heteroatoms. The maximum absolute atomic E-state index is 12.4. The zero-order valence-corrected chi connectivity index (χ0v) is 10.8. The summed E-state index contributed by atoms with van der Waals surface area (Å²) in [6, 6.07) is 4.99. The second-order valence-corrected chi connectivity index (χ2v) is 5.27. The molecule has 0 radical (unpaired) electrons. The van der Waals surface area contributed by atoms with Crippen molar-refractivity contribution in [2.24, 2.45) is 5.73 Å². The van der Waals surface area contributed by atoms with Gasteiger partial charge in [0.25, 0.3) is 0 Å². The molecule has 2 N–H and O–H groups in total. The van der Waals surface area contributed by atoms with E-state index in [1.807, 2.05) is 5.38 Å². The highest BCUT2D eigenvalue weighted by atomic mass is 32.1. The van der Waals surface area contributed by atoms with Gasteiger partial charge in [-0.3, -0.25) is 0 Å². The number of thiazole rings is 1. The molecule has 0 bridgehead atoms. The van der Waals surface area contributed by atoms with E-state index in [0.717, 1.165) is 22.7 Å². The number of nitrogens with two attached hydrogens (primary N) is 1. The number of nitrogens with zero attached hydrogens (tertiary/aromatic N) is 1. The number of benzene rings is 1. The topological polar surface area (TPSA) is 38.9 Å². The van der Waals surface area contributed by atoms with Gasteiger partial charge in [0.1, 0.15) is 0 Å². The minimum Gasteiger partial charge on any atom is -0.327 e. The van der Waals surface area contributed by atoms with E-state index < -0.39 is 11.7 Å². The van der Waals surface area contributed by atoms with Gasteiger partial charge in [-0.25, -0.2) is 4.98 Å². The summed E-state index contributed by atoms with van der Waals surface area (Å²) in [4.78, 5) is 4.13. The van der Waals surface area contributed by atoms with Crippen molar-refractivity contribution in [1.29, 1.82) is 0 Å². The second kappa shape index (κ2) is 5.71. The summed E-state index contributed by atoms with van der Waals surface area (Å²) in [5.74, 6) is 0. The Kier molecular flexibility index (Phi) is 4.21. The molecule has 1 aromatic carbocycles. The van der Waals surface area contributed by atoms with Crippen LogP contribution in [0.3, 0.4) is 0 Å². The molecule has 0 saturated heterocycles. The normalized spacial score (nSPS) is 13.5. The van der Waals surface area contributed by atoms with E-state index in [1.165, 1.54) is 23.5 Å². The van der Waals surface area contributed by atoms with Gasteiger partial charge >= 0.3 is 6.18 Å². The van der Waals surface area contributed by atoms with Crippen LogP contribution in [0.25, 0.3) is 0 Å². The zero-order chi connectivity index (χ0) is 13.9. The zero-order valence-electron chi connectivity index (χ0n) is 10.0. The monoisotopic (exact) mass is 286 g/mol. The summed E-state index contributed by atoms with van der Waals surface area (Å²) >= 11 is 1.53. The fourth-order valence-electron chi connectivity index (χ4n) is 1.78. The van der Waals surface area contributed by atoms with Crippen LogP contribution in [0.1, 0.15) is 16.1 Å². The first-order valence-electron chi connectivity index (χ1n) is 5.75. The summed E-state index contributed by atoms with van der Waals surface area (Å²) in [6.45, 7) is 0. The molecule has 0 saturated carbocycles. The number of hydrogen-bond donors (Lipinski definition) is 1. The predicted octanol–water partition coefficient (Wildman–Crippen LogP) is 3.27. The average Bonchev–Trinajstić information content (AvgIpc) is 2.81. The highest BCUT2D eigenvalue weighted by molar-refractivity contribution is 7.09. The fraction of sp³-hybridized carbons (Fsp3) is 0.308. The van der Waals surface area contributed by atoms with E-state index in [1.54, 1.807) is 6.20 Å². The lowest BCUT2D eigenvalue weighted by molar-refractivity contribution is -0.137. The average molecular weight is 286 g/mol. The van der Waals surface area contributed by atoms with Gasteiger partial charge < -0.3 is 5.73 Å². The molecule has 0 amide bonds. The van der Waals surface area contributed by atoms with E-state index in [0.29, 0.717) is 12.8 Å². The molecule has 0 aliphatic carbocycles. The van der Waals surface area contributed by atoms with E-state index in [2.05, 4.69) is 4.98 Å². The first-order chi connectivity index (χ1) is 8.95. The quantitative estimate of drug-likeness (QED) is 0.937. The SMILES string of the molecule is NC(Cc1ccc(C(F)(F)F)cc1)Cc1nccs1. The molecule has 1 unspecified atom stereocenters. The molecule has 2 aromatic rings. The minimum absolute atomic E-state index is 0.136. The third kappa shape index (κ3) is 4.04. The number of alkyl halides is 3. The molecular formula is C13H13F3N2S. The van der Waals surface area contributed by atoms with Gasteiger partial charge in [0, 0.05) is 24.0 Å². The van der Waals surface area contributed by atoms with Crippen LogP contribution < -0.4 is 5.73 Å². The highest BCUT2D eigenvalue weighted by Gasteiger charge is 2.29. The molecule has 0 aliphatic heterocycles. The van der Waals surface area contributed by atoms with Crippen molar-refractivity contribution in [3.8, 4) is 0 Å². The number of hydrogen-bond acceptors (Lipinski definition) is 3. The van der Waals surface area contributed by atoms with Gasteiger partial charge in [0.05, 0.1) is 10.6 Å². The van der Waals surface area contributed by atoms with E-state index in [4.69, 9.17) is 5.73 Å². The molecule has 1 atom stereocenters. The van der Waals surface area contributed by atoms with E-state index in [9.17, 15) is 13.2 Å². The molecule has 1 aromatic heterocycles. The van der Waals surface area contributed by atoms with Gasteiger partial charge in [-0.15, -0.1) is 11.3 Å². The summed E-state index contributed by atoms with van der Waals surface area (Å²) in [7, 11) is 0. The molecule has 2 nitrogen and oxygen atoms in total. The first-order valence-corrected chi connectivity index (χ1v) is 6.63. The first kappa shape index (κ1) is 14.0. The van der Waals surface area contributed by atoms with Gasteiger partial charge in [0.15, 0.2) is 0 Å².